The molecule has 0 aliphatic rings. The standard InChI is InChI=1S/C32H61O3/c1-3-5-7-9-11-13-14-15-16-17-19-21-25-29-32(34)35-31(28-24-22-26-30-33)27-23-20-18-12-10-8-6-4-2/h31H,3-29H2,1-2H3. The molecule has 0 heterocycles. The quantitative estimate of drug-likeness (QED) is 0.0768. The summed E-state index contributed by atoms with van der Waals surface area (Å²) in [6.45, 7) is 4.53. The molecule has 0 fully saturated rings. The zero-order chi connectivity index (χ0) is 25.7. The van der Waals surface area contributed by atoms with Gasteiger partial charge >= 0.3 is 5.97 Å². The van der Waals surface area contributed by atoms with E-state index >= 15 is 0 Å². The van der Waals surface area contributed by atoms with E-state index < -0.39 is 0 Å². The second-order valence-electron chi connectivity index (χ2n) is 10.8. The molecule has 0 aromatic rings. The molecule has 0 rings (SSSR count). The second-order valence-corrected chi connectivity index (χ2v) is 10.8. The van der Waals surface area contributed by atoms with Gasteiger partial charge in [-0.2, -0.15) is 0 Å². The average Bonchev–Trinajstić information content (AvgIpc) is 2.86. The monoisotopic (exact) mass is 493 g/mol. The van der Waals surface area contributed by atoms with Crippen molar-refractivity contribution in [3.05, 3.63) is 0 Å². The third-order valence-electron chi connectivity index (χ3n) is 7.22. The van der Waals surface area contributed by atoms with E-state index in [0.29, 0.717) is 12.8 Å². The van der Waals surface area contributed by atoms with Crippen molar-refractivity contribution in [3.63, 3.8) is 0 Å². The van der Waals surface area contributed by atoms with Crippen molar-refractivity contribution in [3.8, 4) is 0 Å². The van der Waals surface area contributed by atoms with Gasteiger partial charge in [-0.15, -0.1) is 0 Å². The molecule has 0 aliphatic heterocycles. The van der Waals surface area contributed by atoms with Gasteiger partial charge in [0.25, 0.3) is 0 Å². The van der Waals surface area contributed by atoms with Crippen molar-refractivity contribution in [1.29, 1.82) is 0 Å². The Morgan fingerprint density at radius 3 is 1.34 bits per heavy atom. The van der Waals surface area contributed by atoms with Gasteiger partial charge in [0.05, 0.1) is 0 Å². The van der Waals surface area contributed by atoms with E-state index in [9.17, 15) is 9.59 Å². The second kappa shape index (κ2) is 29.4. The number of esters is 1. The number of hydrogen-bond acceptors (Lipinski definition) is 3. The van der Waals surface area contributed by atoms with Crippen LogP contribution in [0.15, 0.2) is 0 Å². The van der Waals surface area contributed by atoms with Gasteiger partial charge in [0.1, 0.15) is 6.10 Å². The van der Waals surface area contributed by atoms with Gasteiger partial charge in [-0.1, -0.05) is 136 Å². The van der Waals surface area contributed by atoms with Crippen LogP contribution in [0.5, 0.6) is 0 Å². The number of hydrogen-bond donors (Lipinski definition) is 0. The van der Waals surface area contributed by atoms with Gasteiger partial charge in [-0.05, 0) is 38.5 Å². The lowest BCUT2D eigenvalue weighted by Crippen LogP contribution is -2.18. The average molecular weight is 494 g/mol. The van der Waals surface area contributed by atoms with Crippen molar-refractivity contribution in [2.75, 3.05) is 0 Å². The maximum absolute atomic E-state index is 12.4. The van der Waals surface area contributed by atoms with Crippen molar-refractivity contribution in [1.82, 2.24) is 0 Å². The Balaban J connectivity index is 3.79. The number of carbonyl (C=O) groups is 1. The van der Waals surface area contributed by atoms with E-state index in [1.807, 2.05) is 6.29 Å². The van der Waals surface area contributed by atoms with E-state index in [1.165, 1.54) is 116 Å². The summed E-state index contributed by atoms with van der Waals surface area (Å²) < 4.78 is 5.86. The molecule has 207 valence electrons. The Bertz CT molecular complexity index is 435. The topological polar surface area (TPSA) is 43.4 Å². The summed E-state index contributed by atoms with van der Waals surface area (Å²) in [6.07, 6.45) is 34.3. The summed E-state index contributed by atoms with van der Waals surface area (Å²) in [6, 6.07) is 0. The minimum atomic E-state index is -0.0143. The maximum atomic E-state index is 12.4. The first-order valence-corrected chi connectivity index (χ1v) is 15.8. The molecule has 1 atom stereocenters. The molecule has 0 saturated carbocycles. The fourth-order valence-corrected chi connectivity index (χ4v) is 4.87. The van der Waals surface area contributed by atoms with Crippen LogP contribution in [-0.2, 0) is 14.3 Å². The molecule has 0 aromatic carbocycles. The van der Waals surface area contributed by atoms with Gasteiger partial charge in [0.2, 0.25) is 0 Å². The van der Waals surface area contributed by atoms with E-state index in [-0.39, 0.29) is 12.1 Å². The molecule has 3 nitrogen and oxygen atoms in total. The molecule has 3 heteroatoms. The normalized spacial score (nSPS) is 12.1. The molecule has 1 radical (unpaired) electrons. The molecule has 0 aliphatic carbocycles. The minimum Gasteiger partial charge on any atom is -0.462 e. The molecule has 0 spiro atoms. The number of rotatable bonds is 29. The van der Waals surface area contributed by atoms with E-state index in [0.717, 1.165) is 44.9 Å². The van der Waals surface area contributed by atoms with Crippen LogP contribution in [0.25, 0.3) is 0 Å². The van der Waals surface area contributed by atoms with Crippen LogP contribution < -0.4 is 0 Å². The fraction of sp³-hybridized carbons (Fsp3) is 0.938. The summed E-state index contributed by atoms with van der Waals surface area (Å²) in [5, 5.41) is 0. The van der Waals surface area contributed by atoms with Gasteiger partial charge in [0, 0.05) is 12.8 Å². The van der Waals surface area contributed by atoms with Gasteiger partial charge in [-0.3, -0.25) is 9.59 Å². The van der Waals surface area contributed by atoms with Crippen molar-refractivity contribution >= 4 is 12.3 Å². The van der Waals surface area contributed by atoms with Crippen LogP contribution in [0.4, 0.5) is 0 Å². The Kier molecular flexibility index (Phi) is 28.6. The summed E-state index contributed by atoms with van der Waals surface area (Å²) in [5.41, 5.74) is 0. The van der Waals surface area contributed by atoms with E-state index in [1.54, 1.807) is 0 Å². The Labute approximate surface area is 219 Å². The highest BCUT2D eigenvalue weighted by molar-refractivity contribution is 5.69. The predicted molar refractivity (Wildman–Crippen MR) is 152 cm³/mol. The summed E-state index contributed by atoms with van der Waals surface area (Å²) in [5.74, 6) is -0.0143. The third-order valence-corrected chi connectivity index (χ3v) is 7.22. The van der Waals surface area contributed by atoms with E-state index in [2.05, 4.69) is 13.8 Å². The highest BCUT2D eigenvalue weighted by Gasteiger charge is 2.14. The minimum absolute atomic E-state index is 0.0143. The molecule has 0 aromatic heterocycles. The largest absolute Gasteiger partial charge is 0.462 e. The van der Waals surface area contributed by atoms with Crippen molar-refractivity contribution in [2.45, 2.75) is 193 Å². The van der Waals surface area contributed by atoms with Gasteiger partial charge < -0.3 is 4.74 Å². The van der Waals surface area contributed by atoms with Crippen LogP contribution in [0, 0.1) is 0 Å². The maximum Gasteiger partial charge on any atom is 0.306 e. The van der Waals surface area contributed by atoms with Crippen LogP contribution in [-0.4, -0.2) is 18.4 Å². The number of ether oxygens (including phenoxy) is 1. The molecule has 1 unspecified atom stereocenters. The smallest absolute Gasteiger partial charge is 0.306 e. The SMILES string of the molecule is CCCCCCCCCCCCCCCC(=O)OC(CCCC[C]=O)CCCCCCCCCC. The molecule has 0 N–H and O–H groups in total. The lowest BCUT2D eigenvalue weighted by molar-refractivity contribution is -0.150. The highest BCUT2D eigenvalue weighted by atomic mass is 16.5. The molecule has 0 bridgehead atoms. The lowest BCUT2D eigenvalue weighted by atomic mass is 10.0. The van der Waals surface area contributed by atoms with E-state index in [4.69, 9.17) is 4.74 Å². The molecule has 0 amide bonds. The van der Waals surface area contributed by atoms with Crippen LogP contribution in [0.2, 0.25) is 0 Å². The van der Waals surface area contributed by atoms with Crippen molar-refractivity contribution in [2.24, 2.45) is 0 Å². The predicted octanol–water partition coefficient (Wildman–Crippen LogP) is 10.6. The third kappa shape index (κ3) is 27.6. The van der Waals surface area contributed by atoms with Crippen LogP contribution >= 0.6 is 0 Å². The lowest BCUT2D eigenvalue weighted by Gasteiger charge is -2.18. The number of unbranched alkanes of at least 4 members (excludes halogenated alkanes) is 21. The molecular weight excluding hydrogens is 432 g/mol. The molecular formula is C32H61O3. The Morgan fingerprint density at radius 1 is 0.543 bits per heavy atom. The van der Waals surface area contributed by atoms with Gasteiger partial charge in [-0.25, -0.2) is 0 Å². The fourth-order valence-electron chi connectivity index (χ4n) is 4.87. The van der Waals surface area contributed by atoms with Crippen molar-refractivity contribution < 1.29 is 14.3 Å². The first-order valence-electron chi connectivity index (χ1n) is 15.8. The summed E-state index contributed by atoms with van der Waals surface area (Å²) in [7, 11) is 0. The summed E-state index contributed by atoms with van der Waals surface area (Å²) in [4.78, 5) is 22.9. The Hall–Kier alpha value is -0.860. The van der Waals surface area contributed by atoms with Crippen LogP contribution in [0.3, 0.4) is 0 Å². The summed E-state index contributed by atoms with van der Waals surface area (Å²) >= 11 is 0. The van der Waals surface area contributed by atoms with Crippen LogP contribution in [0.1, 0.15) is 187 Å². The molecule has 0 saturated heterocycles. The Morgan fingerprint density at radius 2 is 0.914 bits per heavy atom. The van der Waals surface area contributed by atoms with Gasteiger partial charge in [0.15, 0.2) is 6.29 Å². The number of carbonyl (C=O) groups excluding carboxylic acids is 2. The first-order chi connectivity index (χ1) is 17.2. The molecule has 35 heavy (non-hydrogen) atoms. The first kappa shape index (κ1) is 34.1. The zero-order valence-electron chi connectivity index (χ0n) is 23.9. The highest BCUT2D eigenvalue weighted by Crippen LogP contribution is 2.18. The zero-order valence-corrected chi connectivity index (χ0v) is 23.9.